The lowest BCUT2D eigenvalue weighted by Crippen LogP contribution is -2.35. The molecule has 0 saturated carbocycles. The van der Waals surface area contributed by atoms with E-state index in [-0.39, 0.29) is 0 Å². The van der Waals surface area contributed by atoms with E-state index in [1.54, 1.807) is 0 Å². The number of rotatable bonds is 5. The molecule has 0 spiro atoms. The molecule has 0 heterocycles. The van der Waals surface area contributed by atoms with Gasteiger partial charge in [0.1, 0.15) is 0 Å². The average molecular weight is 168 g/mol. The molecule has 1 atom stereocenters. The quantitative estimate of drug-likeness (QED) is 0.615. The van der Waals surface area contributed by atoms with E-state index in [0.717, 1.165) is 19.4 Å². The molecular formula is C10H20N2. The summed E-state index contributed by atoms with van der Waals surface area (Å²) < 4.78 is 0. The van der Waals surface area contributed by atoms with Gasteiger partial charge in [0.2, 0.25) is 0 Å². The highest BCUT2D eigenvalue weighted by Gasteiger charge is 2.04. The second-order valence-electron chi connectivity index (χ2n) is 3.21. The zero-order valence-electron chi connectivity index (χ0n) is 8.65. The van der Waals surface area contributed by atoms with E-state index < -0.39 is 0 Å². The van der Waals surface area contributed by atoms with Crippen LogP contribution in [0.25, 0.3) is 0 Å². The van der Waals surface area contributed by atoms with Gasteiger partial charge in [0.25, 0.3) is 0 Å². The maximum atomic E-state index is 3.28. The van der Waals surface area contributed by atoms with Gasteiger partial charge in [-0.1, -0.05) is 0 Å². The van der Waals surface area contributed by atoms with Crippen molar-refractivity contribution in [3.05, 3.63) is 0 Å². The lowest BCUT2D eigenvalue weighted by molar-refractivity contribution is 0.339. The Morgan fingerprint density at radius 1 is 1.42 bits per heavy atom. The van der Waals surface area contributed by atoms with Crippen molar-refractivity contribution in [3.8, 4) is 11.8 Å². The minimum absolute atomic E-state index is 0.570. The molecule has 12 heavy (non-hydrogen) atoms. The van der Waals surface area contributed by atoms with E-state index in [1.807, 2.05) is 14.0 Å². The summed E-state index contributed by atoms with van der Waals surface area (Å²) in [5, 5.41) is 3.28. The normalized spacial score (nSPS) is 12.4. The van der Waals surface area contributed by atoms with Gasteiger partial charge in [0.15, 0.2) is 0 Å². The van der Waals surface area contributed by atoms with Crippen LogP contribution >= 0.6 is 0 Å². The maximum Gasteiger partial charge on any atom is 0.0200 e. The van der Waals surface area contributed by atoms with E-state index >= 15 is 0 Å². The summed E-state index contributed by atoms with van der Waals surface area (Å²) in [5.74, 6) is 5.99. The molecule has 0 aromatic heterocycles. The summed E-state index contributed by atoms with van der Waals surface area (Å²) in [6, 6.07) is 0.570. The summed E-state index contributed by atoms with van der Waals surface area (Å²) in [6.07, 6.45) is 2.13. The van der Waals surface area contributed by atoms with Gasteiger partial charge in [-0.2, -0.15) is 0 Å². The molecule has 0 amide bonds. The molecule has 1 unspecified atom stereocenters. The predicted molar refractivity (Wildman–Crippen MR) is 54.1 cm³/mol. The standard InChI is InChI=1S/C10H20N2/c1-5-6-7-8-10(11-2)9-12(3)4/h10-11H,7-9H2,1-4H3. The largest absolute Gasteiger partial charge is 0.316 e. The van der Waals surface area contributed by atoms with E-state index in [1.165, 1.54) is 0 Å². The first-order valence-corrected chi connectivity index (χ1v) is 4.42. The third-order valence-corrected chi connectivity index (χ3v) is 1.79. The van der Waals surface area contributed by atoms with Crippen LogP contribution in [0.4, 0.5) is 0 Å². The molecule has 0 bridgehead atoms. The first kappa shape index (κ1) is 11.5. The van der Waals surface area contributed by atoms with Crippen molar-refractivity contribution in [1.29, 1.82) is 0 Å². The lowest BCUT2D eigenvalue weighted by Gasteiger charge is -2.19. The Kier molecular flexibility index (Phi) is 6.84. The highest BCUT2D eigenvalue weighted by Crippen LogP contribution is 1.96. The molecule has 0 fully saturated rings. The molecule has 0 radical (unpaired) electrons. The number of hydrogen-bond donors (Lipinski definition) is 1. The number of nitrogens with zero attached hydrogens (tertiary/aromatic N) is 1. The predicted octanol–water partition coefficient (Wildman–Crippen LogP) is 0.940. The second kappa shape index (κ2) is 7.15. The summed E-state index contributed by atoms with van der Waals surface area (Å²) in [6.45, 7) is 2.97. The fraction of sp³-hybridized carbons (Fsp3) is 0.800. The van der Waals surface area contributed by atoms with Crippen LogP contribution < -0.4 is 5.32 Å². The highest BCUT2D eigenvalue weighted by molar-refractivity contribution is 4.95. The molecule has 0 aliphatic carbocycles. The molecule has 0 saturated heterocycles. The van der Waals surface area contributed by atoms with Crippen molar-refractivity contribution < 1.29 is 0 Å². The monoisotopic (exact) mass is 168 g/mol. The molecule has 0 aromatic carbocycles. The SMILES string of the molecule is CC#CCCC(CN(C)C)NC. The highest BCUT2D eigenvalue weighted by atomic mass is 15.1. The van der Waals surface area contributed by atoms with Crippen LogP contribution in [0.1, 0.15) is 19.8 Å². The summed E-state index contributed by atoms with van der Waals surface area (Å²) in [4.78, 5) is 2.19. The van der Waals surface area contributed by atoms with Gasteiger partial charge in [-0.25, -0.2) is 0 Å². The van der Waals surface area contributed by atoms with E-state index in [4.69, 9.17) is 0 Å². The molecule has 0 aliphatic heterocycles. The second-order valence-corrected chi connectivity index (χ2v) is 3.21. The van der Waals surface area contributed by atoms with Crippen molar-refractivity contribution >= 4 is 0 Å². The molecule has 0 rings (SSSR count). The molecule has 2 nitrogen and oxygen atoms in total. The van der Waals surface area contributed by atoms with Crippen LogP contribution in [-0.2, 0) is 0 Å². The summed E-state index contributed by atoms with van der Waals surface area (Å²) >= 11 is 0. The van der Waals surface area contributed by atoms with Crippen LogP contribution in [0.5, 0.6) is 0 Å². The number of hydrogen-bond acceptors (Lipinski definition) is 2. The Morgan fingerprint density at radius 2 is 2.08 bits per heavy atom. The van der Waals surface area contributed by atoms with Crippen LogP contribution in [0.15, 0.2) is 0 Å². The van der Waals surface area contributed by atoms with Gasteiger partial charge in [-0.15, -0.1) is 11.8 Å². The van der Waals surface area contributed by atoms with Crippen molar-refractivity contribution in [2.24, 2.45) is 0 Å². The van der Waals surface area contributed by atoms with Gasteiger partial charge in [-0.05, 0) is 34.5 Å². The van der Waals surface area contributed by atoms with Crippen LogP contribution in [0.2, 0.25) is 0 Å². The van der Waals surface area contributed by atoms with Gasteiger partial charge in [-0.3, -0.25) is 0 Å². The van der Waals surface area contributed by atoms with Crippen LogP contribution in [0, 0.1) is 11.8 Å². The van der Waals surface area contributed by atoms with Crippen molar-refractivity contribution in [3.63, 3.8) is 0 Å². The first-order chi connectivity index (χ1) is 5.70. The molecule has 0 aromatic rings. The molecule has 0 aliphatic rings. The first-order valence-electron chi connectivity index (χ1n) is 4.42. The van der Waals surface area contributed by atoms with Gasteiger partial charge < -0.3 is 10.2 Å². The van der Waals surface area contributed by atoms with Gasteiger partial charge in [0, 0.05) is 19.0 Å². The van der Waals surface area contributed by atoms with Crippen LogP contribution in [0.3, 0.4) is 0 Å². The van der Waals surface area contributed by atoms with Crippen LogP contribution in [-0.4, -0.2) is 38.6 Å². The van der Waals surface area contributed by atoms with E-state index in [0.29, 0.717) is 6.04 Å². The minimum atomic E-state index is 0.570. The molecule has 2 heteroatoms. The molecule has 1 N–H and O–H groups in total. The lowest BCUT2D eigenvalue weighted by atomic mass is 10.1. The Labute approximate surface area is 76.3 Å². The third kappa shape index (κ3) is 6.21. The minimum Gasteiger partial charge on any atom is -0.316 e. The zero-order valence-corrected chi connectivity index (χ0v) is 8.65. The molecular weight excluding hydrogens is 148 g/mol. The van der Waals surface area contributed by atoms with Crippen molar-refractivity contribution in [2.75, 3.05) is 27.7 Å². The third-order valence-electron chi connectivity index (χ3n) is 1.79. The van der Waals surface area contributed by atoms with Gasteiger partial charge >= 0.3 is 0 Å². The van der Waals surface area contributed by atoms with Crippen molar-refractivity contribution in [2.45, 2.75) is 25.8 Å². The Morgan fingerprint density at radius 3 is 2.50 bits per heavy atom. The fourth-order valence-corrected chi connectivity index (χ4v) is 1.14. The fourth-order valence-electron chi connectivity index (χ4n) is 1.14. The number of likely N-dealkylation sites (N-methyl/N-ethyl adjacent to an activating group) is 2. The Hall–Kier alpha value is -0.520. The Bertz CT molecular complexity index is 153. The van der Waals surface area contributed by atoms with Crippen molar-refractivity contribution in [1.82, 2.24) is 10.2 Å². The topological polar surface area (TPSA) is 15.3 Å². The Balaban J connectivity index is 3.57. The zero-order chi connectivity index (χ0) is 9.40. The number of nitrogens with one attached hydrogen (secondary N) is 1. The van der Waals surface area contributed by atoms with E-state index in [9.17, 15) is 0 Å². The summed E-state index contributed by atoms with van der Waals surface area (Å²) in [5.41, 5.74) is 0. The van der Waals surface area contributed by atoms with Gasteiger partial charge in [0.05, 0.1) is 0 Å². The summed E-state index contributed by atoms with van der Waals surface area (Å²) in [7, 11) is 6.19. The maximum absolute atomic E-state index is 3.28. The van der Waals surface area contributed by atoms with E-state index in [2.05, 4.69) is 36.2 Å². The average Bonchev–Trinajstić information content (AvgIpc) is 2.02. The smallest absolute Gasteiger partial charge is 0.0200 e. The molecule has 70 valence electrons.